The van der Waals surface area contributed by atoms with Crippen LogP contribution in [0.5, 0.6) is 0 Å². The Morgan fingerprint density at radius 3 is 2.50 bits per heavy atom. The standard InChI is InChI=1S/C12H23N3S/c1-9(12(2,3)4)13-7-10-8-14-11(16-10)15(5)6/h8-9,13H,7H2,1-6H3. The lowest BCUT2D eigenvalue weighted by atomic mass is 9.88. The minimum atomic E-state index is 0.301. The van der Waals surface area contributed by atoms with E-state index < -0.39 is 0 Å². The van der Waals surface area contributed by atoms with Gasteiger partial charge in [0.2, 0.25) is 0 Å². The normalized spacial score (nSPS) is 13.9. The molecule has 1 aromatic heterocycles. The lowest BCUT2D eigenvalue weighted by Crippen LogP contribution is -2.36. The first-order valence-electron chi connectivity index (χ1n) is 5.66. The lowest BCUT2D eigenvalue weighted by molar-refractivity contribution is 0.286. The summed E-state index contributed by atoms with van der Waals surface area (Å²) < 4.78 is 0. The van der Waals surface area contributed by atoms with Crippen molar-refractivity contribution in [3.63, 3.8) is 0 Å². The second-order valence-corrected chi connectivity index (χ2v) is 6.57. The molecule has 0 saturated heterocycles. The molecule has 1 unspecified atom stereocenters. The summed E-state index contributed by atoms with van der Waals surface area (Å²) in [7, 11) is 4.04. The van der Waals surface area contributed by atoms with Crippen molar-refractivity contribution in [3.8, 4) is 0 Å². The van der Waals surface area contributed by atoms with Crippen LogP contribution in [0.2, 0.25) is 0 Å². The van der Waals surface area contributed by atoms with Crippen LogP contribution in [0.4, 0.5) is 5.13 Å². The molecule has 1 N–H and O–H groups in total. The van der Waals surface area contributed by atoms with E-state index in [1.54, 1.807) is 11.3 Å². The Hall–Kier alpha value is -0.610. The maximum Gasteiger partial charge on any atom is 0.185 e. The van der Waals surface area contributed by atoms with E-state index in [2.05, 4.69) is 38.0 Å². The first kappa shape index (κ1) is 13.5. The second-order valence-electron chi connectivity index (χ2n) is 5.47. The van der Waals surface area contributed by atoms with Crippen molar-refractivity contribution in [2.24, 2.45) is 5.41 Å². The highest BCUT2D eigenvalue weighted by molar-refractivity contribution is 7.15. The molecule has 0 spiro atoms. The molecule has 92 valence electrons. The molecule has 16 heavy (non-hydrogen) atoms. The van der Waals surface area contributed by atoms with Gasteiger partial charge < -0.3 is 10.2 Å². The Morgan fingerprint density at radius 2 is 2.06 bits per heavy atom. The maximum absolute atomic E-state index is 4.36. The van der Waals surface area contributed by atoms with Crippen molar-refractivity contribution >= 4 is 16.5 Å². The van der Waals surface area contributed by atoms with Crippen molar-refractivity contribution in [1.82, 2.24) is 10.3 Å². The van der Waals surface area contributed by atoms with Gasteiger partial charge in [-0.15, -0.1) is 11.3 Å². The SMILES string of the molecule is CC(NCc1cnc(N(C)C)s1)C(C)(C)C. The molecule has 0 bridgehead atoms. The van der Waals surface area contributed by atoms with Crippen LogP contribution >= 0.6 is 11.3 Å². The molecule has 0 fully saturated rings. The molecule has 1 aromatic rings. The predicted octanol–water partition coefficient (Wildman–Crippen LogP) is 2.73. The van der Waals surface area contributed by atoms with Gasteiger partial charge in [0, 0.05) is 37.8 Å². The van der Waals surface area contributed by atoms with E-state index in [-0.39, 0.29) is 0 Å². The first-order chi connectivity index (χ1) is 7.30. The third-order valence-corrected chi connectivity index (χ3v) is 3.97. The molecular weight excluding hydrogens is 218 g/mol. The fourth-order valence-corrected chi connectivity index (χ4v) is 1.93. The fraction of sp³-hybridized carbons (Fsp3) is 0.750. The number of nitrogens with zero attached hydrogens (tertiary/aromatic N) is 2. The molecule has 0 aliphatic carbocycles. The minimum Gasteiger partial charge on any atom is -0.354 e. The molecule has 0 amide bonds. The topological polar surface area (TPSA) is 28.2 Å². The molecule has 4 heteroatoms. The third-order valence-electron chi connectivity index (χ3n) is 2.81. The van der Waals surface area contributed by atoms with E-state index in [4.69, 9.17) is 0 Å². The number of aromatic nitrogens is 1. The second kappa shape index (κ2) is 5.15. The molecule has 1 atom stereocenters. The summed E-state index contributed by atoms with van der Waals surface area (Å²) >= 11 is 1.75. The number of thiazole rings is 1. The molecule has 0 aliphatic rings. The van der Waals surface area contributed by atoms with Gasteiger partial charge in [-0.1, -0.05) is 20.8 Å². The Morgan fingerprint density at radius 1 is 1.44 bits per heavy atom. The van der Waals surface area contributed by atoms with E-state index in [9.17, 15) is 0 Å². The van der Waals surface area contributed by atoms with E-state index in [1.165, 1.54) is 4.88 Å². The van der Waals surface area contributed by atoms with E-state index in [1.807, 2.05) is 25.2 Å². The summed E-state index contributed by atoms with van der Waals surface area (Å²) in [5, 5.41) is 4.61. The van der Waals surface area contributed by atoms with Crippen LogP contribution in [0.3, 0.4) is 0 Å². The van der Waals surface area contributed by atoms with Crippen LogP contribution in [-0.4, -0.2) is 25.1 Å². The van der Waals surface area contributed by atoms with Crippen LogP contribution in [0, 0.1) is 5.41 Å². The van der Waals surface area contributed by atoms with Crippen LogP contribution in [0.15, 0.2) is 6.20 Å². The Labute approximate surface area is 103 Å². The first-order valence-corrected chi connectivity index (χ1v) is 6.48. The van der Waals surface area contributed by atoms with E-state index >= 15 is 0 Å². The quantitative estimate of drug-likeness (QED) is 0.878. The predicted molar refractivity (Wildman–Crippen MR) is 72.2 cm³/mol. The summed E-state index contributed by atoms with van der Waals surface area (Å²) in [6, 6.07) is 0.498. The smallest absolute Gasteiger partial charge is 0.185 e. The summed E-state index contributed by atoms with van der Waals surface area (Å²) in [6.45, 7) is 9.89. The van der Waals surface area contributed by atoms with Crippen molar-refractivity contribution in [3.05, 3.63) is 11.1 Å². The minimum absolute atomic E-state index is 0.301. The van der Waals surface area contributed by atoms with Crippen molar-refractivity contribution in [2.45, 2.75) is 40.3 Å². The number of hydrogen-bond donors (Lipinski definition) is 1. The summed E-state index contributed by atoms with van der Waals surface area (Å²) in [5.74, 6) is 0. The van der Waals surface area contributed by atoms with Gasteiger partial charge in [-0.25, -0.2) is 4.98 Å². The van der Waals surface area contributed by atoms with Gasteiger partial charge >= 0.3 is 0 Å². The molecule has 1 heterocycles. The zero-order valence-electron chi connectivity index (χ0n) is 11.2. The molecule has 3 nitrogen and oxygen atoms in total. The van der Waals surface area contributed by atoms with Crippen molar-refractivity contribution in [2.75, 3.05) is 19.0 Å². The zero-order valence-corrected chi connectivity index (χ0v) is 12.0. The van der Waals surface area contributed by atoms with Gasteiger partial charge in [-0.2, -0.15) is 0 Å². The Balaban J connectivity index is 2.49. The molecule has 0 aromatic carbocycles. The summed E-state index contributed by atoms with van der Waals surface area (Å²) in [5.41, 5.74) is 0.301. The van der Waals surface area contributed by atoms with Crippen molar-refractivity contribution < 1.29 is 0 Å². The number of hydrogen-bond acceptors (Lipinski definition) is 4. The largest absolute Gasteiger partial charge is 0.354 e. The number of nitrogens with one attached hydrogen (secondary N) is 1. The highest BCUT2D eigenvalue weighted by Gasteiger charge is 2.19. The molecule has 0 saturated carbocycles. The average Bonchev–Trinajstić information content (AvgIpc) is 2.60. The Kier molecular flexibility index (Phi) is 4.33. The monoisotopic (exact) mass is 241 g/mol. The maximum atomic E-state index is 4.36. The summed E-state index contributed by atoms with van der Waals surface area (Å²) in [6.07, 6.45) is 1.96. The molecule has 1 rings (SSSR count). The van der Waals surface area contributed by atoms with Gasteiger partial charge in [-0.05, 0) is 12.3 Å². The highest BCUT2D eigenvalue weighted by atomic mass is 32.1. The van der Waals surface area contributed by atoms with Crippen LogP contribution < -0.4 is 10.2 Å². The van der Waals surface area contributed by atoms with Gasteiger partial charge in [0.15, 0.2) is 5.13 Å². The average molecular weight is 241 g/mol. The zero-order chi connectivity index (χ0) is 12.3. The molecular formula is C12H23N3S. The number of anilines is 1. The fourth-order valence-electron chi connectivity index (χ4n) is 1.15. The highest BCUT2D eigenvalue weighted by Crippen LogP contribution is 2.22. The van der Waals surface area contributed by atoms with Gasteiger partial charge in [0.1, 0.15) is 0 Å². The van der Waals surface area contributed by atoms with Crippen LogP contribution in [-0.2, 0) is 6.54 Å². The molecule has 0 aliphatic heterocycles. The van der Waals surface area contributed by atoms with Crippen LogP contribution in [0.1, 0.15) is 32.6 Å². The van der Waals surface area contributed by atoms with Gasteiger partial charge in [0.25, 0.3) is 0 Å². The molecule has 0 radical (unpaired) electrons. The third kappa shape index (κ3) is 3.76. The van der Waals surface area contributed by atoms with Gasteiger partial charge in [-0.3, -0.25) is 0 Å². The Bertz CT molecular complexity index is 325. The van der Waals surface area contributed by atoms with E-state index in [0.717, 1.165) is 11.7 Å². The van der Waals surface area contributed by atoms with E-state index in [0.29, 0.717) is 11.5 Å². The lowest BCUT2D eigenvalue weighted by Gasteiger charge is -2.27. The van der Waals surface area contributed by atoms with Crippen LogP contribution in [0.25, 0.3) is 0 Å². The summed E-state index contributed by atoms with van der Waals surface area (Å²) in [4.78, 5) is 7.69. The van der Waals surface area contributed by atoms with Crippen molar-refractivity contribution in [1.29, 1.82) is 0 Å². The van der Waals surface area contributed by atoms with Gasteiger partial charge in [0.05, 0.1) is 0 Å². The number of rotatable bonds is 4.